The molecular weight excluding hydrogens is 291 g/mol. The topological polar surface area (TPSA) is 49.3 Å². The number of carbonyl (C=O) groups excluding carboxylic acids is 1. The molecular formula is C13H14F3NO2S. The molecule has 20 heavy (non-hydrogen) atoms. The van der Waals surface area contributed by atoms with Crippen molar-refractivity contribution in [2.24, 2.45) is 0 Å². The van der Waals surface area contributed by atoms with E-state index in [-0.39, 0.29) is 5.69 Å². The van der Waals surface area contributed by atoms with Crippen molar-refractivity contribution in [3.05, 3.63) is 29.8 Å². The molecule has 1 aromatic rings. The first kappa shape index (κ1) is 15.2. The van der Waals surface area contributed by atoms with Crippen molar-refractivity contribution in [1.29, 1.82) is 0 Å². The number of alkyl halides is 3. The van der Waals surface area contributed by atoms with Crippen LogP contribution in [0, 0.1) is 0 Å². The largest absolute Gasteiger partial charge is 0.416 e. The van der Waals surface area contributed by atoms with E-state index in [1.54, 1.807) is 11.8 Å². The minimum atomic E-state index is -4.46. The van der Waals surface area contributed by atoms with Crippen LogP contribution in [-0.2, 0) is 11.0 Å². The molecule has 2 N–H and O–H groups in total. The van der Waals surface area contributed by atoms with E-state index in [4.69, 9.17) is 0 Å². The number of anilines is 1. The zero-order chi connectivity index (χ0) is 14.8. The zero-order valence-corrected chi connectivity index (χ0v) is 11.4. The minimum absolute atomic E-state index is 0.0384. The Morgan fingerprint density at radius 3 is 2.55 bits per heavy atom. The first-order valence-electron chi connectivity index (χ1n) is 6.10. The molecule has 2 rings (SSSR count). The summed E-state index contributed by atoms with van der Waals surface area (Å²) in [6, 6.07) is 4.38. The average Bonchev–Trinajstić information content (AvgIpc) is 2.39. The van der Waals surface area contributed by atoms with Crippen molar-refractivity contribution >= 4 is 23.4 Å². The molecule has 1 saturated heterocycles. The van der Waals surface area contributed by atoms with Gasteiger partial charge in [-0.3, -0.25) is 4.79 Å². The van der Waals surface area contributed by atoms with Crippen molar-refractivity contribution in [3.63, 3.8) is 0 Å². The Kier molecular flexibility index (Phi) is 4.29. The van der Waals surface area contributed by atoms with Crippen LogP contribution in [0.25, 0.3) is 0 Å². The van der Waals surface area contributed by atoms with Crippen LogP contribution in [0.5, 0.6) is 0 Å². The SMILES string of the molecule is O=C(Nc1cccc(C(F)(F)F)c1)C1(O)CCSCC1. The quantitative estimate of drug-likeness (QED) is 0.883. The molecule has 0 aromatic heterocycles. The first-order chi connectivity index (χ1) is 9.31. The van der Waals surface area contributed by atoms with E-state index in [9.17, 15) is 23.1 Å². The average molecular weight is 305 g/mol. The van der Waals surface area contributed by atoms with Crippen molar-refractivity contribution in [2.45, 2.75) is 24.6 Å². The van der Waals surface area contributed by atoms with E-state index in [2.05, 4.69) is 5.32 Å². The van der Waals surface area contributed by atoms with Crippen molar-refractivity contribution in [1.82, 2.24) is 0 Å². The lowest BCUT2D eigenvalue weighted by atomic mass is 9.95. The van der Waals surface area contributed by atoms with Gasteiger partial charge in [-0.05, 0) is 42.5 Å². The van der Waals surface area contributed by atoms with E-state index in [0.717, 1.165) is 12.1 Å². The summed E-state index contributed by atoms with van der Waals surface area (Å²) in [7, 11) is 0. The first-order valence-corrected chi connectivity index (χ1v) is 7.26. The monoisotopic (exact) mass is 305 g/mol. The Hall–Kier alpha value is -1.21. The summed E-state index contributed by atoms with van der Waals surface area (Å²) in [5, 5.41) is 12.5. The number of thioether (sulfide) groups is 1. The molecule has 0 saturated carbocycles. The molecule has 0 unspecified atom stereocenters. The molecule has 0 spiro atoms. The summed E-state index contributed by atoms with van der Waals surface area (Å²) in [4.78, 5) is 12.0. The molecule has 1 aromatic carbocycles. The van der Waals surface area contributed by atoms with Gasteiger partial charge in [-0.1, -0.05) is 6.07 Å². The van der Waals surface area contributed by atoms with Gasteiger partial charge in [0.15, 0.2) is 0 Å². The Balaban J connectivity index is 2.12. The van der Waals surface area contributed by atoms with Gasteiger partial charge >= 0.3 is 6.18 Å². The third-order valence-electron chi connectivity index (χ3n) is 3.19. The standard InChI is InChI=1S/C13H14F3NO2S/c14-13(15,16)9-2-1-3-10(8-9)17-11(18)12(19)4-6-20-7-5-12/h1-3,8,19H,4-7H2,(H,17,18). The number of halogens is 3. The van der Waals surface area contributed by atoms with Crippen LogP contribution < -0.4 is 5.32 Å². The molecule has 3 nitrogen and oxygen atoms in total. The summed E-state index contributed by atoms with van der Waals surface area (Å²) in [6.45, 7) is 0. The van der Waals surface area contributed by atoms with E-state index in [0.29, 0.717) is 24.3 Å². The maximum absolute atomic E-state index is 12.6. The van der Waals surface area contributed by atoms with Gasteiger partial charge in [0.05, 0.1) is 5.56 Å². The van der Waals surface area contributed by atoms with Gasteiger partial charge in [0.2, 0.25) is 0 Å². The molecule has 0 radical (unpaired) electrons. The Labute approximate surface area is 118 Å². The highest BCUT2D eigenvalue weighted by molar-refractivity contribution is 7.99. The summed E-state index contributed by atoms with van der Waals surface area (Å²) in [5.41, 5.74) is -2.28. The molecule has 0 atom stereocenters. The van der Waals surface area contributed by atoms with Crippen LogP contribution in [0.3, 0.4) is 0 Å². The highest BCUT2D eigenvalue weighted by Crippen LogP contribution is 2.32. The van der Waals surface area contributed by atoms with Crippen LogP contribution in [0.15, 0.2) is 24.3 Å². The molecule has 1 amide bonds. The van der Waals surface area contributed by atoms with Gasteiger partial charge in [0, 0.05) is 5.69 Å². The van der Waals surface area contributed by atoms with Gasteiger partial charge in [-0.2, -0.15) is 24.9 Å². The van der Waals surface area contributed by atoms with Crippen molar-refractivity contribution in [3.8, 4) is 0 Å². The lowest BCUT2D eigenvalue weighted by Gasteiger charge is -2.30. The van der Waals surface area contributed by atoms with E-state index < -0.39 is 23.2 Å². The number of hydrogen-bond acceptors (Lipinski definition) is 3. The summed E-state index contributed by atoms with van der Waals surface area (Å²) >= 11 is 1.64. The Morgan fingerprint density at radius 2 is 1.95 bits per heavy atom. The van der Waals surface area contributed by atoms with Gasteiger partial charge in [0.1, 0.15) is 5.60 Å². The normalized spacial score (nSPS) is 18.6. The van der Waals surface area contributed by atoms with Crippen LogP contribution in [0.1, 0.15) is 18.4 Å². The maximum atomic E-state index is 12.6. The number of nitrogens with one attached hydrogen (secondary N) is 1. The fraction of sp³-hybridized carbons (Fsp3) is 0.462. The number of benzene rings is 1. The lowest BCUT2D eigenvalue weighted by Crippen LogP contribution is -2.45. The fourth-order valence-corrected chi connectivity index (χ4v) is 3.13. The molecule has 1 aliphatic heterocycles. The van der Waals surface area contributed by atoms with Crippen LogP contribution in [-0.4, -0.2) is 28.1 Å². The third kappa shape index (κ3) is 3.46. The second kappa shape index (κ2) is 5.65. The summed E-state index contributed by atoms with van der Waals surface area (Å²) in [6.07, 6.45) is -3.84. The minimum Gasteiger partial charge on any atom is -0.380 e. The van der Waals surface area contributed by atoms with Crippen LogP contribution in [0.2, 0.25) is 0 Å². The summed E-state index contributed by atoms with van der Waals surface area (Å²) in [5.74, 6) is 0.677. The van der Waals surface area contributed by atoms with Crippen LogP contribution >= 0.6 is 11.8 Å². The molecule has 1 aliphatic rings. The molecule has 0 bridgehead atoms. The van der Waals surface area contributed by atoms with Crippen molar-refractivity contribution in [2.75, 3.05) is 16.8 Å². The number of aliphatic hydroxyl groups is 1. The predicted molar refractivity (Wildman–Crippen MR) is 71.6 cm³/mol. The van der Waals surface area contributed by atoms with E-state index >= 15 is 0 Å². The van der Waals surface area contributed by atoms with Gasteiger partial charge in [-0.25, -0.2) is 0 Å². The smallest absolute Gasteiger partial charge is 0.380 e. The second-order valence-electron chi connectivity index (χ2n) is 4.68. The summed E-state index contributed by atoms with van der Waals surface area (Å²) < 4.78 is 37.7. The van der Waals surface area contributed by atoms with Gasteiger partial charge < -0.3 is 10.4 Å². The van der Waals surface area contributed by atoms with E-state index in [1.807, 2.05) is 0 Å². The Morgan fingerprint density at radius 1 is 1.30 bits per heavy atom. The van der Waals surface area contributed by atoms with E-state index in [1.165, 1.54) is 12.1 Å². The fourth-order valence-electron chi connectivity index (χ4n) is 1.96. The number of amides is 1. The highest BCUT2D eigenvalue weighted by Gasteiger charge is 2.37. The molecule has 110 valence electrons. The highest BCUT2D eigenvalue weighted by atomic mass is 32.2. The lowest BCUT2D eigenvalue weighted by molar-refractivity contribution is -0.138. The maximum Gasteiger partial charge on any atom is 0.416 e. The molecule has 1 heterocycles. The number of rotatable bonds is 2. The Bertz CT molecular complexity index is 499. The number of carbonyl (C=O) groups is 1. The predicted octanol–water partition coefficient (Wildman–Crippen LogP) is 2.90. The van der Waals surface area contributed by atoms with Gasteiger partial charge in [-0.15, -0.1) is 0 Å². The number of hydrogen-bond donors (Lipinski definition) is 2. The second-order valence-corrected chi connectivity index (χ2v) is 5.90. The molecule has 7 heteroatoms. The zero-order valence-electron chi connectivity index (χ0n) is 10.5. The molecule has 1 fully saturated rings. The van der Waals surface area contributed by atoms with Gasteiger partial charge in [0.25, 0.3) is 5.91 Å². The van der Waals surface area contributed by atoms with Crippen molar-refractivity contribution < 1.29 is 23.1 Å². The van der Waals surface area contributed by atoms with Crippen LogP contribution in [0.4, 0.5) is 18.9 Å². The third-order valence-corrected chi connectivity index (χ3v) is 4.18. The molecule has 0 aliphatic carbocycles.